The summed E-state index contributed by atoms with van der Waals surface area (Å²) in [6.45, 7) is 9.69. The maximum Gasteiger partial charge on any atom is 0.157 e. The molecule has 0 aliphatic heterocycles. The lowest BCUT2D eigenvalue weighted by molar-refractivity contribution is -0.146. The van der Waals surface area contributed by atoms with Gasteiger partial charge in [-0.25, -0.2) is 0 Å². The van der Waals surface area contributed by atoms with Gasteiger partial charge in [-0.05, 0) is 31.4 Å². The van der Waals surface area contributed by atoms with E-state index in [0.29, 0.717) is 0 Å². The molecule has 0 heterocycles. The zero-order valence-electron chi connectivity index (χ0n) is 16.7. The Morgan fingerprint density at radius 2 is 1.36 bits per heavy atom. The van der Waals surface area contributed by atoms with Crippen molar-refractivity contribution in [2.75, 3.05) is 13.2 Å². The van der Waals surface area contributed by atoms with Crippen LogP contribution in [0.4, 0.5) is 0 Å². The van der Waals surface area contributed by atoms with E-state index in [2.05, 4.69) is 38.3 Å². The van der Waals surface area contributed by atoms with E-state index in [1.165, 1.54) is 51.4 Å². The second-order valence-electron chi connectivity index (χ2n) is 6.47. The van der Waals surface area contributed by atoms with Gasteiger partial charge < -0.3 is 9.47 Å². The van der Waals surface area contributed by atoms with Crippen LogP contribution in [-0.4, -0.2) is 19.5 Å². The molecule has 0 aromatic carbocycles. The maximum atomic E-state index is 5.97. The van der Waals surface area contributed by atoms with Crippen molar-refractivity contribution in [2.24, 2.45) is 0 Å². The third-order valence-electron chi connectivity index (χ3n) is 4.06. The van der Waals surface area contributed by atoms with Gasteiger partial charge in [-0.2, -0.15) is 0 Å². The Balaban J connectivity index is 3.95. The highest BCUT2D eigenvalue weighted by Crippen LogP contribution is 2.10. The standard InChI is InChI=1S/C23H40O2/c1-4-7-10-13-14-17-20-23(24-21-18-15-11-8-5-2)25-22-19-16-12-9-6-3/h4,13-14,23H,1,5-6,8-9,11-12,15-22H2,2-3H3/b14-13+. The number of hydrogen-bond donors (Lipinski definition) is 0. The van der Waals surface area contributed by atoms with E-state index in [-0.39, 0.29) is 6.29 Å². The van der Waals surface area contributed by atoms with Crippen molar-refractivity contribution in [3.05, 3.63) is 24.8 Å². The lowest BCUT2D eigenvalue weighted by Gasteiger charge is -2.18. The van der Waals surface area contributed by atoms with Crippen LogP contribution in [0.2, 0.25) is 0 Å². The lowest BCUT2D eigenvalue weighted by atomic mass is 10.2. The van der Waals surface area contributed by atoms with Crippen LogP contribution in [0.3, 0.4) is 0 Å². The Labute approximate surface area is 157 Å². The van der Waals surface area contributed by atoms with Gasteiger partial charge in [0.05, 0.1) is 0 Å². The maximum absolute atomic E-state index is 5.97. The normalized spacial score (nSPS) is 11.0. The first-order valence-electron chi connectivity index (χ1n) is 10.3. The SMILES string of the molecule is C=CC#C/C=C/CCC(OCCCCCCC)OCCCCCCC. The largest absolute Gasteiger partial charge is 0.353 e. The van der Waals surface area contributed by atoms with Gasteiger partial charge >= 0.3 is 0 Å². The molecular formula is C23H40O2. The fourth-order valence-corrected chi connectivity index (χ4v) is 2.54. The van der Waals surface area contributed by atoms with Gasteiger partial charge in [0, 0.05) is 19.6 Å². The molecule has 0 spiro atoms. The summed E-state index contributed by atoms with van der Waals surface area (Å²) in [5.74, 6) is 5.74. The van der Waals surface area contributed by atoms with Gasteiger partial charge in [-0.3, -0.25) is 0 Å². The number of rotatable bonds is 17. The molecule has 0 N–H and O–H groups in total. The smallest absolute Gasteiger partial charge is 0.157 e. The van der Waals surface area contributed by atoms with Crippen LogP contribution in [0.1, 0.15) is 90.9 Å². The molecule has 0 saturated carbocycles. The second kappa shape index (κ2) is 21.0. The molecule has 0 amide bonds. The average molecular weight is 349 g/mol. The molecule has 0 fully saturated rings. The molecule has 25 heavy (non-hydrogen) atoms. The molecule has 0 bridgehead atoms. The molecule has 0 unspecified atom stereocenters. The van der Waals surface area contributed by atoms with Crippen molar-refractivity contribution in [3.63, 3.8) is 0 Å². The summed E-state index contributed by atoms with van der Waals surface area (Å²) >= 11 is 0. The number of allylic oxidation sites excluding steroid dienone is 3. The van der Waals surface area contributed by atoms with E-state index < -0.39 is 0 Å². The molecule has 144 valence electrons. The quantitative estimate of drug-likeness (QED) is 0.163. The highest BCUT2D eigenvalue weighted by Gasteiger charge is 2.08. The summed E-state index contributed by atoms with van der Waals surface area (Å²) in [5.41, 5.74) is 0. The predicted molar refractivity (Wildman–Crippen MR) is 110 cm³/mol. The molecule has 2 nitrogen and oxygen atoms in total. The van der Waals surface area contributed by atoms with Crippen LogP contribution in [0, 0.1) is 11.8 Å². The molecule has 0 aliphatic carbocycles. The Morgan fingerprint density at radius 3 is 1.88 bits per heavy atom. The van der Waals surface area contributed by atoms with Crippen LogP contribution < -0.4 is 0 Å². The predicted octanol–water partition coefficient (Wildman–Crippen LogP) is 6.81. The third kappa shape index (κ3) is 19.1. The van der Waals surface area contributed by atoms with Gasteiger partial charge in [0.15, 0.2) is 6.29 Å². The number of unbranched alkanes of at least 4 members (excludes halogenated alkanes) is 8. The molecular weight excluding hydrogens is 308 g/mol. The monoisotopic (exact) mass is 348 g/mol. The number of ether oxygens (including phenoxy) is 2. The van der Waals surface area contributed by atoms with E-state index in [1.54, 1.807) is 6.08 Å². The minimum atomic E-state index is -0.0747. The van der Waals surface area contributed by atoms with Crippen molar-refractivity contribution in [1.29, 1.82) is 0 Å². The first kappa shape index (κ1) is 24.0. The minimum Gasteiger partial charge on any atom is -0.353 e. The fraction of sp³-hybridized carbons (Fsp3) is 0.739. The van der Waals surface area contributed by atoms with Gasteiger partial charge in [0.25, 0.3) is 0 Å². The summed E-state index contributed by atoms with van der Waals surface area (Å²) in [6.07, 6.45) is 20.0. The Kier molecular flexibility index (Phi) is 20.1. The third-order valence-corrected chi connectivity index (χ3v) is 4.06. The highest BCUT2D eigenvalue weighted by molar-refractivity contribution is 5.21. The molecule has 2 heteroatoms. The highest BCUT2D eigenvalue weighted by atomic mass is 16.7. The zero-order chi connectivity index (χ0) is 18.4. The number of hydrogen-bond acceptors (Lipinski definition) is 2. The molecule has 0 saturated heterocycles. The first-order valence-corrected chi connectivity index (χ1v) is 10.3. The fourth-order valence-electron chi connectivity index (χ4n) is 2.54. The molecule has 0 aromatic heterocycles. The van der Waals surface area contributed by atoms with Crippen molar-refractivity contribution >= 4 is 0 Å². The molecule has 0 atom stereocenters. The van der Waals surface area contributed by atoms with Crippen LogP contribution in [0.25, 0.3) is 0 Å². The summed E-state index contributed by atoms with van der Waals surface area (Å²) in [4.78, 5) is 0. The van der Waals surface area contributed by atoms with E-state index in [0.717, 1.165) is 38.9 Å². The molecule has 0 radical (unpaired) electrons. The van der Waals surface area contributed by atoms with Gasteiger partial charge in [0.1, 0.15) is 0 Å². The van der Waals surface area contributed by atoms with Crippen molar-refractivity contribution in [3.8, 4) is 11.8 Å². The minimum absolute atomic E-state index is 0.0747. The lowest BCUT2D eigenvalue weighted by Crippen LogP contribution is -2.18. The van der Waals surface area contributed by atoms with Crippen molar-refractivity contribution in [2.45, 2.75) is 97.2 Å². The topological polar surface area (TPSA) is 18.5 Å². The van der Waals surface area contributed by atoms with Crippen molar-refractivity contribution in [1.82, 2.24) is 0 Å². The summed E-state index contributed by atoms with van der Waals surface area (Å²) in [5, 5.41) is 0. The van der Waals surface area contributed by atoms with Crippen LogP contribution in [0.15, 0.2) is 24.8 Å². The summed E-state index contributed by atoms with van der Waals surface area (Å²) < 4.78 is 11.9. The van der Waals surface area contributed by atoms with E-state index >= 15 is 0 Å². The van der Waals surface area contributed by atoms with Gasteiger partial charge in [0.2, 0.25) is 0 Å². The Bertz CT molecular complexity index is 346. The molecule has 0 rings (SSSR count). The van der Waals surface area contributed by atoms with E-state index in [9.17, 15) is 0 Å². The van der Waals surface area contributed by atoms with E-state index in [4.69, 9.17) is 9.47 Å². The first-order chi connectivity index (χ1) is 12.3. The van der Waals surface area contributed by atoms with Crippen molar-refractivity contribution < 1.29 is 9.47 Å². The van der Waals surface area contributed by atoms with Crippen LogP contribution in [-0.2, 0) is 9.47 Å². The van der Waals surface area contributed by atoms with Gasteiger partial charge in [-0.1, -0.05) is 89.7 Å². The van der Waals surface area contributed by atoms with Gasteiger partial charge in [-0.15, -0.1) is 0 Å². The second-order valence-corrected chi connectivity index (χ2v) is 6.47. The molecule has 0 aromatic rings. The Hall–Kier alpha value is -1.04. The van der Waals surface area contributed by atoms with Crippen LogP contribution in [0.5, 0.6) is 0 Å². The summed E-state index contributed by atoms with van der Waals surface area (Å²) in [6, 6.07) is 0. The average Bonchev–Trinajstić information content (AvgIpc) is 2.63. The van der Waals surface area contributed by atoms with E-state index in [1.807, 2.05) is 6.08 Å². The Morgan fingerprint density at radius 1 is 0.800 bits per heavy atom. The van der Waals surface area contributed by atoms with Crippen LogP contribution >= 0.6 is 0 Å². The molecule has 0 aliphatic rings. The summed E-state index contributed by atoms with van der Waals surface area (Å²) in [7, 11) is 0. The zero-order valence-corrected chi connectivity index (χ0v) is 16.7.